The van der Waals surface area contributed by atoms with E-state index in [-0.39, 0.29) is 11.3 Å². The standard InChI is InChI=1S/C23H30N2O4/c1-14(21(27)29-15(2)20(26)25-19-6-4-3-5-7-19)24-22(28)23-11-16-8-17(12-23)10-18(9-16)13-23/h3-7,14-18H,8-13H2,1-2H3,(H,24,28)(H,25,26)/t14-,15+,16?,17?,18?,23?/m0/s1. The lowest BCUT2D eigenvalue weighted by Gasteiger charge is -2.55. The molecule has 0 unspecified atom stereocenters. The lowest BCUT2D eigenvalue weighted by molar-refractivity contribution is -0.158. The highest BCUT2D eigenvalue weighted by Gasteiger charge is 2.54. The Morgan fingerprint density at radius 1 is 0.966 bits per heavy atom. The first-order valence-corrected chi connectivity index (χ1v) is 10.7. The molecule has 0 radical (unpaired) electrons. The summed E-state index contributed by atoms with van der Waals surface area (Å²) >= 11 is 0. The minimum absolute atomic E-state index is 0.0116. The van der Waals surface area contributed by atoms with Gasteiger partial charge in [-0.3, -0.25) is 9.59 Å². The Bertz CT molecular complexity index is 756. The average Bonchev–Trinajstić information content (AvgIpc) is 2.67. The molecule has 5 rings (SSSR count). The van der Waals surface area contributed by atoms with Crippen LogP contribution in [0.2, 0.25) is 0 Å². The summed E-state index contributed by atoms with van der Waals surface area (Å²) in [5, 5.41) is 5.60. The lowest BCUT2D eigenvalue weighted by atomic mass is 9.49. The molecule has 6 heteroatoms. The van der Waals surface area contributed by atoms with Crippen molar-refractivity contribution in [2.45, 2.75) is 64.5 Å². The van der Waals surface area contributed by atoms with E-state index in [1.54, 1.807) is 19.1 Å². The van der Waals surface area contributed by atoms with Crippen molar-refractivity contribution in [3.05, 3.63) is 30.3 Å². The number of esters is 1. The minimum atomic E-state index is -0.943. The van der Waals surface area contributed by atoms with Gasteiger partial charge in [-0.15, -0.1) is 0 Å². The van der Waals surface area contributed by atoms with Crippen molar-refractivity contribution in [1.82, 2.24) is 5.32 Å². The van der Waals surface area contributed by atoms with E-state index < -0.39 is 24.0 Å². The molecule has 29 heavy (non-hydrogen) atoms. The van der Waals surface area contributed by atoms with Crippen LogP contribution in [0.5, 0.6) is 0 Å². The summed E-state index contributed by atoms with van der Waals surface area (Å²) < 4.78 is 5.30. The largest absolute Gasteiger partial charge is 0.451 e. The fraction of sp³-hybridized carbons (Fsp3) is 0.609. The molecule has 4 aliphatic carbocycles. The van der Waals surface area contributed by atoms with Gasteiger partial charge >= 0.3 is 5.97 Å². The average molecular weight is 399 g/mol. The molecule has 2 atom stereocenters. The highest BCUT2D eigenvalue weighted by atomic mass is 16.5. The van der Waals surface area contributed by atoms with Crippen molar-refractivity contribution in [1.29, 1.82) is 0 Å². The molecular formula is C23H30N2O4. The normalized spacial score (nSPS) is 31.6. The number of rotatable bonds is 6. The summed E-state index contributed by atoms with van der Waals surface area (Å²) in [7, 11) is 0. The van der Waals surface area contributed by atoms with Crippen molar-refractivity contribution >= 4 is 23.5 Å². The molecule has 0 aromatic heterocycles. The monoisotopic (exact) mass is 398 g/mol. The number of carbonyl (C=O) groups is 3. The van der Waals surface area contributed by atoms with Crippen molar-refractivity contribution in [3.8, 4) is 0 Å². The van der Waals surface area contributed by atoms with E-state index >= 15 is 0 Å². The first kappa shape index (κ1) is 19.9. The van der Waals surface area contributed by atoms with Crippen LogP contribution in [0.3, 0.4) is 0 Å². The second-order valence-electron chi connectivity index (χ2n) is 9.33. The van der Waals surface area contributed by atoms with Crippen LogP contribution in [0.15, 0.2) is 30.3 Å². The predicted octanol–water partition coefficient (Wildman–Crippen LogP) is 3.28. The quantitative estimate of drug-likeness (QED) is 0.720. The summed E-state index contributed by atoms with van der Waals surface area (Å²) in [6.07, 6.45) is 5.68. The maximum Gasteiger partial charge on any atom is 0.329 e. The second kappa shape index (κ2) is 7.81. The van der Waals surface area contributed by atoms with Gasteiger partial charge in [-0.05, 0) is 82.3 Å². The zero-order valence-electron chi connectivity index (χ0n) is 17.1. The van der Waals surface area contributed by atoms with E-state index in [1.165, 1.54) is 26.2 Å². The van der Waals surface area contributed by atoms with Gasteiger partial charge in [0.05, 0.1) is 0 Å². The van der Waals surface area contributed by atoms with E-state index in [4.69, 9.17) is 4.74 Å². The molecule has 2 N–H and O–H groups in total. The third kappa shape index (κ3) is 4.16. The highest BCUT2D eigenvalue weighted by Crippen LogP contribution is 2.60. The maximum absolute atomic E-state index is 13.1. The van der Waals surface area contributed by atoms with Crippen LogP contribution >= 0.6 is 0 Å². The molecule has 0 saturated heterocycles. The van der Waals surface area contributed by atoms with Crippen molar-refractivity contribution < 1.29 is 19.1 Å². The lowest BCUT2D eigenvalue weighted by Crippen LogP contribution is -2.56. The van der Waals surface area contributed by atoms with E-state index in [1.807, 2.05) is 18.2 Å². The summed E-state index contributed by atoms with van der Waals surface area (Å²) in [6.45, 7) is 3.16. The van der Waals surface area contributed by atoms with Gasteiger partial charge in [-0.1, -0.05) is 18.2 Å². The van der Waals surface area contributed by atoms with Crippen LogP contribution in [-0.2, 0) is 19.1 Å². The Hall–Kier alpha value is -2.37. The fourth-order valence-electron chi connectivity index (χ4n) is 5.89. The van der Waals surface area contributed by atoms with Gasteiger partial charge in [0.1, 0.15) is 6.04 Å². The zero-order chi connectivity index (χ0) is 20.6. The van der Waals surface area contributed by atoms with Crippen LogP contribution in [0.1, 0.15) is 52.4 Å². The summed E-state index contributed by atoms with van der Waals surface area (Å²) in [4.78, 5) is 37.8. The van der Waals surface area contributed by atoms with Gasteiger partial charge in [-0.25, -0.2) is 4.79 Å². The molecule has 0 spiro atoms. The minimum Gasteiger partial charge on any atom is -0.451 e. The van der Waals surface area contributed by atoms with Crippen LogP contribution in [0.4, 0.5) is 5.69 Å². The number of para-hydroxylation sites is 1. The third-order valence-electron chi connectivity index (χ3n) is 6.92. The fourth-order valence-corrected chi connectivity index (χ4v) is 5.89. The number of ether oxygens (including phenoxy) is 1. The van der Waals surface area contributed by atoms with Crippen LogP contribution in [0, 0.1) is 23.2 Å². The molecule has 0 aliphatic heterocycles. The van der Waals surface area contributed by atoms with Crippen molar-refractivity contribution in [2.24, 2.45) is 23.2 Å². The number of hydrogen-bond donors (Lipinski definition) is 2. The van der Waals surface area contributed by atoms with E-state index in [0.29, 0.717) is 23.4 Å². The highest BCUT2D eigenvalue weighted by molar-refractivity contribution is 5.95. The first-order chi connectivity index (χ1) is 13.8. The van der Waals surface area contributed by atoms with Gasteiger partial charge in [0.2, 0.25) is 5.91 Å². The first-order valence-electron chi connectivity index (χ1n) is 10.7. The number of carbonyl (C=O) groups excluding carboxylic acids is 3. The molecule has 4 bridgehead atoms. The molecule has 4 fully saturated rings. The Morgan fingerprint density at radius 2 is 1.52 bits per heavy atom. The molecular weight excluding hydrogens is 368 g/mol. The molecule has 2 amide bonds. The third-order valence-corrected chi connectivity index (χ3v) is 6.92. The van der Waals surface area contributed by atoms with E-state index in [9.17, 15) is 14.4 Å². The van der Waals surface area contributed by atoms with Crippen LogP contribution in [-0.4, -0.2) is 29.9 Å². The SMILES string of the molecule is C[C@H](NC(=O)C12CC3CC(CC(C3)C1)C2)C(=O)O[C@H](C)C(=O)Nc1ccccc1. The number of anilines is 1. The number of amides is 2. The molecule has 1 aromatic rings. The van der Waals surface area contributed by atoms with E-state index in [0.717, 1.165) is 19.3 Å². The number of benzene rings is 1. The molecule has 156 valence electrons. The van der Waals surface area contributed by atoms with Gasteiger partial charge in [0.25, 0.3) is 5.91 Å². The van der Waals surface area contributed by atoms with Gasteiger partial charge in [0, 0.05) is 11.1 Å². The van der Waals surface area contributed by atoms with Crippen LogP contribution in [0.25, 0.3) is 0 Å². The zero-order valence-corrected chi connectivity index (χ0v) is 17.1. The van der Waals surface area contributed by atoms with Gasteiger partial charge in [0.15, 0.2) is 6.10 Å². The van der Waals surface area contributed by atoms with E-state index in [2.05, 4.69) is 10.6 Å². The van der Waals surface area contributed by atoms with Crippen molar-refractivity contribution in [3.63, 3.8) is 0 Å². The van der Waals surface area contributed by atoms with Gasteiger partial charge < -0.3 is 15.4 Å². The van der Waals surface area contributed by atoms with Crippen LogP contribution < -0.4 is 10.6 Å². The molecule has 1 aromatic carbocycles. The Balaban J connectivity index is 1.30. The number of hydrogen-bond acceptors (Lipinski definition) is 4. The summed E-state index contributed by atoms with van der Waals surface area (Å²) in [6, 6.07) is 8.24. The predicted molar refractivity (Wildman–Crippen MR) is 109 cm³/mol. The molecule has 6 nitrogen and oxygen atoms in total. The maximum atomic E-state index is 13.1. The smallest absolute Gasteiger partial charge is 0.329 e. The Kier molecular flexibility index (Phi) is 5.36. The molecule has 4 saturated carbocycles. The topological polar surface area (TPSA) is 84.5 Å². The van der Waals surface area contributed by atoms with Gasteiger partial charge in [-0.2, -0.15) is 0 Å². The summed E-state index contributed by atoms with van der Waals surface area (Å²) in [5.74, 6) is 0.994. The second-order valence-corrected chi connectivity index (χ2v) is 9.33. The molecule has 4 aliphatic rings. The number of nitrogens with one attached hydrogen (secondary N) is 2. The summed E-state index contributed by atoms with van der Waals surface area (Å²) in [5.41, 5.74) is 0.336. The Morgan fingerprint density at radius 3 is 2.07 bits per heavy atom. The molecule has 0 heterocycles. The van der Waals surface area contributed by atoms with Crippen molar-refractivity contribution in [2.75, 3.05) is 5.32 Å². The Labute approximate surface area is 171 Å².